The van der Waals surface area contributed by atoms with Gasteiger partial charge in [0, 0.05) is 5.02 Å². The van der Waals surface area contributed by atoms with Gasteiger partial charge in [-0.25, -0.2) is 4.39 Å². The van der Waals surface area contributed by atoms with Crippen LogP contribution in [0.4, 0.5) is 10.3 Å². The average molecular weight is 323 g/mol. The molecule has 2 N–H and O–H groups in total. The van der Waals surface area contributed by atoms with Gasteiger partial charge in [0.2, 0.25) is 5.88 Å². The van der Waals surface area contributed by atoms with Gasteiger partial charge in [0.25, 0.3) is 0 Å². The van der Waals surface area contributed by atoms with Crippen LogP contribution in [-0.4, -0.2) is 5.16 Å². The SMILES string of the molecule is Nc1onc(-c2c(F)cccc2Cl)c1-c1ccc(Cl)cc1. The van der Waals surface area contributed by atoms with Crippen LogP contribution in [-0.2, 0) is 0 Å². The molecule has 0 aliphatic rings. The molecule has 0 bridgehead atoms. The highest BCUT2D eigenvalue weighted by Crippen LogP contribution is 2.40. The normalized spacial score (nSPS) is 10.8. The zero-order valence-electron chi connectivity index (χ0n) is 10.6. The first-order valence-electron chi connectivity index (χ1n) is 6.03. The van der Waals surface area contributed by atoms with Crippen molar-refractivity contribution in [1.29, 1.82) is 0 Å². The Balaban J connectivity index is 2.24. The van der Waals surface area contributed by atoms with Crippen molar-refractivity contribution in [1.82, 2.24) is 5.16 Å². The molecule has 0 fully saturated rings. The first-order valence-corrected chi connectivity index (χ1v) is 6.79. The molecule has 106 valence electrons. The maximum absolute atomic E-state index is 14.1. The Hall–Kier alpha value is -2.04. The molecule has 1 aromatic heterocycles. The van der Waals surface area contributed by atoms with E-state index in [1.165, 1.54) is 12.1 Å². The molecule has 0 spiro atoms. The van der Waals surface area contributed by atoms with Gasteiger partial charge in [-0.15, -0.1) is 0 Å². The van der Waals surface area contributed by atoms with Crippen LogP contribution in [0.25, 0.3) is 22.4 Å². The fourth-order valence-corrected chi connectivity index (χ4v) is 2.47. The Labute approximate surface area is 130 Å². The number of rotatable bonds is 2. The molecular formula is C15H9Cl2FN2O. The second-order valence-corrected chi connectivity index (χ2v) is 5.22. The molecule has 0 aliphatic carbocycles. The number of nitrogens with zero attached hydrogens (tertiary/aromatic N) is 1. The lowest BCUT2D eigenvalue weighted by Crippen LogP contribution is -1.91. The molecule has 0 saturated heterocycles. The summed E-state index contributed by atoms with van der Waals surface area (Å²) >= 11 is 11.9. The van der Waals surface area contributed by atoms with E-state index in [-0.39, 0.29) is 22.2 Å². The summed E-state index contributed by atoms with van der Waals surface area (Å²) in [5, 5.41) is 4.67. The van der Waals surface area contributed by atoms with E-state index in [1.807, 2.05) is 0 Å². The van der Waals surface area contributed by atoms with Crippen molar-refractivity contribution >= 4 is 29.1 Å². The number of benzene rings is 2. The van der Waals surface area contributed by atoms with E-state index >= 15 is 0 Å². The number of anilines is 1. The third-order valence-electron chi connectivity index (χ3n) is 3.05. The maximum atomic E-state index is 14.1. The van der Waals surface area contributed by atoms with E-state index in [1.54, 1.807) is 30.3 Å². The highest BCUT2D eigenvalue weighted by Gasteiger charge is 2.22. The number of hydrogen-bond acceptors (Lipinski definition) is 3. The van der Waals surface area contributed by atoms with Crippen LogP contribution < -0.4 is 5.73 Å². The minimum absolute atomic E-state index is 0.0895. The van der Waals surface area contributed by atoms with Gasteiger partial charge >= 0.3 is 0 Å². The Kier molecular flexibility index (Phi) is 3.57. The molecule has 0 saturated carbocycles. The minimum atomic E-state index is -0.494. The molecule has 1 heterocycles. The molecule has 0 radical (unpaired) electrons. The summed E-state index contributed by atoms with van der Waals surface area (Å²) in [6, 6.07) is 11.3. The summed E-state index contributed by atoms with van der Waals surface area (Å²) in [5.41, 5.74) is 7.44. The van der Waals surface area contributed by atoms with Crippen molar-refractivity contribution in [3.63, 3.8) is 0 Å². The fraction of sp³-hybridized carbons (Fsp3) is 0. The lowest BCUT2D eigenvalue weighted by molar-refractivity contribution is 0.439. The lowest BCUT2D eigenvalue weighted by atomic mass is 10.0. The monoisotopic (exact) mass is 322 g/mol. The topological polar surface area (TPSA) is 52.0 Å². The number of nitrogens with two attached hydrogens (primary N) is 1. The van der Waals surface area contributed by atoms with Gasteiger partial charge in [-0.1, -0.05) is 46.6 Å². The number of nitrogen functional groups attached to an aromatic ring is 1. The second-order valence-electron chi connectivity index (χ2n) is 4.37. The quantitative estimate of drug-likeness (QED) is 0.719. The van der Waals surface area contributed by atoms with Crippen molar-refractivity contribution in [3.8, 4) is 22.4 Å². The summed E-state index contributed by atoms with van der Waals surface area (Å²) in [6.45, 7) is 0. The van der Waals surface area contributed by atoms with Crippen molar-refractivity contribution in [2.75, 3.05) is 5.73 Å². The van der Waals surface area contributed by atoms with Gasteiger partial charge in [0.1, 0.15) is 11.5 Å². The largest absolute Gasteiger partial charge is 0.367 e. The Bertz CT molecular complexity index is 780. The molecule has 3 aromatic rings. The molecule has 0 aliphatic heterocycles. The molecule has 3 nitrogen and oxygen atoms in total. The molecule has 2 aromatic carbocycles. The third-order valence-corrected chi connectivity index (χ3v) is 3.62. The van der Waals surface area contributed by atoms with Crippen LogP contribution in [0.3, 0.4) is 0 Å². The molecule has 0 atom stereocenters. The highest BCUT2D eigenvalue weighted by atomic mass is 35.5. The molecule has 0 amide bonds. The van der Waals surface area contributed by atoms with Crippen molar-refractivity contribution in [3.05, 3.63) is 58.3 Å². The van der Waals surface area contributed by atoms with E-state index in [0.29, 0.717) is 16.1 Å². The van der Waals surface area contributed by atoms with E-state index in [9.17, 15) is 4.39 Å². The maximum Gasteiger partial charge on any atom is 0.230 e. The van der Waals surface area contributed by atoms with E-state index < -0.39 is 5.82 Å². The van der Waals surface area contributed by atoms with Crippen molar-refractivity contribution in [2.24, 2.45) is 0 Å². The highest BCUT2D eigenvalue weighted by molar-refractivity contribution is 6.33. The van der Waals surface area contributed by atoms with Gasteiger partial charge in [-0.05, 0) is 29.8 Å². The zero-order valence-corrected chi connectivity index (χ0v) is 12.1. The second kappa shape index (κ2) is 5.39. The average Bonchev–Trinajstić information content (AvgIpc) is 2.82. The summed E-state index contributed by atoms with van der Waals surface area (Å²) in [6.07, 6.45) is 0. The Morgan fingerprint density at radius 3 is 2.38 bits per heavy atom. The van der Waals surface area contributed by atoms with Crippen LogP contribution in [0.1, 0.15) is 0 Å². The van der Waals surface area contributed by atoms with E-state index in [0.717, 1.165) is 0 Å². The molecule has 3 rings (SSSR count). The molecule has 0 unspecified atom stereocenters. The number of aromatic nitrogens is 1. The van der Waals surface area contributed by atoms with Gasteiger partial charge in [0.05, 0.1) is 16.1 Å². The lowest BCUT2D eigenvalue weighted by Gasteiger charge is -2.06. The predicted octanol–water partition coefficient (Wildman–Crippen LogP) is 5.04. The van der Waals surface area contributed by atoms with Gasteiger partial charge in [-0.3, -0.25) is 0 Å². The summed E-state index contributed by atoms with van der Waals surface area (Å²) < 4.78 is 19.1. The zero-order chi connectivity index (χ0) is 15.0. The van der Waals surface area contributed by atoms with Crippen LogP contribution >= 0.6 is 23.2 Å². The van der Waals surface area contributed by atoms with Crippen LogP contribution in [0.15, 0.2) is 47.0 Å². The van der Waals surface area contributed by atoms with Crippen LogP contribution in [0.5, 0.6) is 0 Å². The van der Waals surface area contributed by atoms with E-state index in [4.69, 9.17) is 33.5 Å². The van der Waals surface area contributed by atoms with Crippen LogP contribution in [0, 0.1) is 5.82 Å². The predicted molar refractivity (Wildman–Crippen MR) is 81.8 cm³/mol. The standard InChI is InChI=1S/C15H9Cl2FN2O/c16-9-6-4-8(5-7-9)12-14(20-21-15(12)19)13-10(17)2-1-3-11(13)18/h1-7H,19H2. The van der Waals surface area contributed by atoms with Gasteiger partial charge < -0.3 is 10.3 Å². The third kappa shape index (κ3) is 2.48. The fourth-order valence-electron chi connectivity index (χ4n) is 2.09. The van der Waals surface area contributed by atoms with Crippen molar-refractivity contribution in [2.45, 2.75) is 0 Å². The Morgan fingerprint density at radius 2 is 1.71 bits per heavy atom. The summed E-state index contributed by atoms with van der Waals surface area (Å²) in [4.78, 5) is 0. The van der Waals surface area contributed by atoms with Crippen molar-refractivity contribution < 1.29 is 8.91 Å². The molecular weight excluding hydrogens is 314 g/mol. The van der Waals surface area contributed by atoms with E-state index in [2.05, 4.69) is 5.16 Å². The smallest absolute Gasteiger partial charge is 0.230 e. The van der Waals surface area contributed by atoms with Gasteiger partial charge in [0.15, 0.2) is 0 Å². The Morgan fingerprint density at radius 1 is 1.00 bits per heavy atom. The molecule has 21 heavy (non-hydrogen) atoms. The number of hydrogen-bond donors (Lipinski definition) is 1. The van der Waals surface area contributed by atoms with Gasteiger partial charge in [-0.2, -0.15) is 0 Å². The van der Waals surface area contributed by atoms with Crippen LogP contribution in [0.2, 0.25) is 10.0 Å². The summed E-state index contributed by atoms with van der Waals surface area (Å²) in [5.74, 6) is -0.405. The first-order chi connectivity index (χ1) is 10.1. The molecule has 6 heteroatoms. The first kappa shape index (κ1) is 13.9. The number of halogens is 3. The summed E-state index contributed by atoms with van der Waals surface area (Å²) in [7, 11) is 0. The minimum Gasteiger partial charge on any atom is -0.367 e.